The lowest BCUT2D eigenvalue weighted by Crippen LogP contribution is -2.36. The van der Waals surface area contributed by atoms with E-state index >= 15 is 0 Å². The van der Waals surface area contributed by atoms with Gasteiger partial charge in [-0.05, 0) is 31.0 Å². The van der Waals surface area contributed by atoms with Crippen LogP contribution in [0.3, 0.4) is 0 Å². The molecule has 0 saturated carbocycles. The van der Waals surface area contributed by atoms with Gasteiger partial charge in [-0.25, -0.2) is 4.39 Å². The average Bonchev–Trinajstić information content (AvgIpc) is 3.12. The number of hydrogen-bond acceptors (Lipinski definition) is 5. The van der Waals surface area contributed by atoms with Gasteiger partial charge in [0.1, 0.15) is 5.82 Å². The zero-order valence-corrected chi connectivity index (χ0v) is 15.6. The summed E-state index contributed by atoms with van der Waals surface area (Å²) in [6.07, 6.45) is 1.93. The predicted octanol–water partition coefficient (Wildman–Crippen LogP) is 2.56. The number of aromatic nitrogens is 2. The van der Waals surface area contributed by atoms with Gasteiger partial charge in [0.05, 0.1) is 5.56 Å². The molecule has 7 nitrogen and oxygen atoms in total. The Morgan fingerprint density at radius 2 is 2.11 bits per heavy atom. The predicted molar refractivity (Wildman–Crippen MR) is 96.0 cm³/mol. The number of hydrogen-bond donors (Lipinski definition) is 1. The molecule has 1 aliphatic heterocycles. The summed E-state index contributed by atoms with van der Waals surface area (Å²) in [7, 11) is 0. The van der Waals surface area contributed by atoms with Crippen LogP contribution in [0.25, 0.3) is 0 Å². The number of piperidine rings is 1. The van der Waals surface area contributed by atoms with Crippen LogP contribution >= 0.6 is 11.6 Å². The van der Waals surface area contributed by atoms with Crippen molar-refractivity contribution in [3.63, 3.8) is 0 Å². The summed E-state index contributed by atoms with van der Waals surface area (Å²) in [5.41, 5.74) is -0.106. The van der Waals surface area contributed by atoms with E-state index in [1.54, 1.807) is 6.92 Å². The maximum absolute atomic E-state index is 13.7. The number of carbonyl (C=O) groups excluding carboxylic acids is 2. The minimum atomic E-state index is -0.631. The van der Waals surface area contributed by atoms with E-state index in [-0.39, 0.29) is 23.9 Å². The molecule has 1 aliphatic rings. The fourth-order valence-electron chi connectivity index (χ4n) is 3.04. The lowest BCUT2D eigenvalue weighted by atomic mass is 9.96. The Kier molecular flexibility index (Phi) is 6.05. The van der Waals surface area contributed by atoms with E-state index in [0.717, 1.165) is 18.9 Å². The molecular weight excluding hydrogens is 375 g/mol. The first-order chi connectivity index (χ1) is 12.9. The molecule has 1 saturated heterocycles. The van der Waals surface area contributed by atoms with Crippen molar-refractivity contribution in [2.45, 2.75) is 32.1 Å². The molecular formula is C18H20ClFN4O3. The number of rotatable bonds is 5. The fraction of sp³-hybridized carbons (Fsp3) is 0.444. The summed E-state index contributed by atoms with van der Waals surface area (Å²) in [6.45, 7) is 3.17. The molecule has 1 aromatic carbocycles. The second-order valence-electron chi connectivity index (χ2n) is 6.46. The Labute approximate surface area is 160 Å². The number of amides is 2. The van der Waals surface area contributed by atoms with Crippen LogP contribution in [0, 0.1) is 5.82 Å². The largest absolute Gasteiger partial charge is 0.351 e. The maximum Gasteiger partial charge on any atom is 0.254 e. The van der Waals surface area contributed by atoms with Crippen LogP contribution in [0.5, 0.6) is 0 Å². The highest BCUT2D eigenvalue weighted by Gasteiger charge is 2.25. The number of nitrogens with one attached hydrogen (secondary N) is 1. The third-order valence-corrected chi connectivity index (χ3v) is 4.82. The number of nitrogens with zero attached hydrogens (tertiary/aromatic N) is 3. The van der Waals surface area contributed by atoms with Gasteiger partial charge < -0.3 is 14.7 Å². The molecule has 27 heavy (non-hydrogen) atoms. The highest BCUT2D eigenvalue weighted by molar-refractivity contribution is 6.31. The van der Waals surface area contributed by atoms with E-state index in [2.05, 4.69) is 15.5 Å². The van der Waals surface area contributed by atoms with Crippen LogP contribution in [0.2, 0.25) is 5.02 Å². The summed E-state index contributed by atoms with van der Waals surface area (Å²) >= 11 is 5.79. The van der Waals surface area contributed by atoms with Crippen molar-refractivity contribution in [1.29, 1.82) is 0 Å². The van der Waals surface area contributed by atoms with Crippen molar-refractivity contribution in [1.82, 2.24) is 20.4 Å². The van der Waals surface area contributed by atoms with Crippen molar-refractivity contribution in [3.8, 4) is 0 Å². The van der Waals surface area contributed by atoms with E-state index in [1.165, 1.54) is 12.1 Å². The van der Waals surface area contributed by atoms with Gasteiger partial charge in [-0.1, -0.05) is 16.8 Å². The van der Waals surface area contributed by atoms with Crippen LogP contribution < -0.4 is 5.32 Å². The first-order valence-corrected chi connectivity index (χ1v) is 9.13. The summed E-state index contributed by atoms with van der Waals surface area (Å²) in [6, 6.07) is 3.82. The maximum atomic E-state index is 13.7. The van der Waals surface area contributed by atoms with Crippen LogP contribution in [0.4, 0.5) is 4.39 Å². The van der Waals surface area contributed by atoms with Crippen molar-refractivity contribution >= 4 is 23.4 Å². The van der Waals surface area contributed by atoms with Crippen LogP contribution in [0.15, 0.2) is 22.7 Å². The van der Waals surface area contributed by atoms with Crippen molar-refractivity contribution < 1.29 is 18.5 Å². The molecule has 1 N–H and O–H groups in total. The minimum Gasteiger partial charge on any atom is -0.351 e. The van der Waals surface area contributed by atoms with Crippen molar-refractivity contribution in [2.75, 3.05) is 19.6 Å². The molecule has 0 unspecified atom stereocenters. The number of halogens is 2. The van der Waals surface area contributed by atoms with Gasteiger partial charge in [-0.3, -0.25) is 9.59 Å². The highest BCUT2D eigenvalue weighted by atomic mass is 35.5. The van der Waals surface area contributed by atoms with Gasteiger partial charge in [0, 0.05) is 43.9 Å². The highest BCUT2D eigenvalue weighted by Crippen LogP contribution is 2.26. The van der Waals surface area contributed by atoms with E-state index in [4.69, 9.17) is 16.1 Å². The first-order valence-electron chi connectivity index (χ1n) is 8.75. The first kappa shape index (κ1) is 19.3. The second kappa shape index (κ2) is 8.47. The molecule has 2 heterocycles. The third-order valence-electron chi connectivity index (χ3n) is 4.59. The van der Waals surface area contributed by atoms with Crippen molar-refractivity contribution in [2.24, 2.45) is 0 Å². The summed E-state index contributed by atoms with van der Waals surface area (Å²) in [4.78, 5) is 29.6. The summed E-state index contributed by atoms with van der Waals surface area (Å²) in [5.74, 6) is 0.0916. The number of likely N-dealkylation sites (tertiary alicyclic amines) is 1. The average molecular weight is 395 g/mol. The smallest absolute Gasteiger partial charge is 0.254 e. The molecule has 2 amide bonds. The van der Waals surface area contributed by atoms with E-state index in [1.807, 2.05) is 4.90 Å². The zero-order valence-electron chi connectivity index (χ0n) is 14.9. The third kappa shape index (κ3) is 4.82. The van der Waals surface area contributed by atoms with E-state index in [0.29, 0.717) is 36.2 Å². The Bertz CT molecular complexity index is 834. The Hall–Kier alpha value is -2.48. The van der Waals surface area contributed by atoms with Crippen LogP contribution in [-0.4, -0.2) is 46.5 Å². The van der Waals surface area contributed by atoms with Gasteiger partial charge >= 0.3 is 0 Å². The molecule has 0 bridgehead atoms. The van der Waals surface area contributed by atoms with Gasteiger partial charge in [0.15, 0.2) is 5.82 Å². The normalized spacial score (nSPS) is 15.0. The molecule has 1 aromatic heterocycles. The summed E-state index contributed by atoms with van der Waals surface area (Å²) in [5, 5.41) is 6.92. The quantitative estimate of drug-likeness (QED) is 0.841. The van der Waals surface area contributed by atoms with Crippen LogP contribution in [0.1, 0.15) is 47.8 Å². The second-order valence-corrected chi connectivity index (χ2v) is 6.89. The number of carbonyl (C=O) groups is 2. The van der Waals surface area contributed by atoms with Gasteiger partial charge in [-0.2, -0.15) is 4.98 Å². The SMILES string of the molecule is CC(=O)N1CCC(c2noc(CCNC(=O)c3cc(Cl)ccc3F)n2)CC1. The van der Waals surface area contributed by atoms with E-state index in [9.17, 15) is 14.0 Å². The van der Waals surface area contributed by atoms with Crippen molar-refractivity contribution in [3.05, 3.63) is 46.3 Å². The van der Waals surface area contributed by atoms with Gasteiger partial charge in [0.25, 0.3) is 5.91 Å². The zero-order chi connectivity index (χ0) is 19.4. The molecule has 2 aromatic rings. The lowest BCUT2D eigenvalue weighted by molar-refractivity contribution is -0.129. The standard InChI is InChI=1S/C18H20ClFN4O3/c1-11(25)24-8-5-12(6-9-24)17-22-16(27-23-17)4-7-21-18(26)14-10-13(19)2-3-15(14)20/h2-3,10,12H,4-9H2,1H3,(H,21,26). The summed E-state index contributed by atoms with van der Waals surface area (Å²) < 4.78 is 18.9. The molecule has 3 rings (SSSR count). The minimum absolute atomic E-state index is 0.0779. The lowest BCUT2D eigenvalue weighted by Gasteiger charge is -2.29. The Morgan fingerprint density at radius 3 is 2.81 bits per heavy atom. The molecule has 0 radical (unpaired) electrons. The molecule has 0 spiro atoms. The molecule has 0 aliphatic carbocycles. The molecule has 0 atom stereocenters. The fourth-order valence-corrected chi connectivity index (χ4v) is 3.21. The number of benzene rings is 1. The van der Waals surface area contributed by atoms with E-state index < -0.39 is 11.7 Å². The van der Waals surface area contributed by atoms with Crippen LogP contribution in [-0.2, 0) is 11.2 Å². The van der Waals surface area contributed by atoms with Gasteiger partial charge in [0.2, 0.25) is 11.8 Å². The monoisotopic (exact) mass is 394 g/mol. The Morgan fingerprint density at radius 1 is 1.37 bits per heavy atom. The molecule has 9 heteroatoms. The molecule has 1 fully saturated rings. The topological polar surface area (TPSA) is 88.3 Å². The molecule has 144 valence electrons. The van der Waals surface area contributed by atoms with Gasteiger partial charge in [-0.15, -0.1) is 0 Å². The Balaban J connectivity index is 1.49.